The topological polar surface area (TPSA) is 38.3 Å². The first-order chi connectivity index (χ1) is 10.9. The first kappa shape index (κ1) is 16.4. The van der Waals surface area contributed by atoms with Crippen molar-refractivity contribution >= 4 is 5.91 Å². The van der Waals surface area contributed by atoms with Crippen molar-refractivity contribution in [2.45, 2.75) is 64.2 Å². The zero-order chi connectivity index (χ0) is 16.6. The summed E-state index contributed by atoms with van der Waals surface area (Å²) in [4.78, 5) is 11.7. The number of benzene rings is 1. The largest absolute Gasteiger partial charge is 0.370 e. The third kappa shape index (κ3) is 3.42. The Kier molecular flexibility index (Phi) is 4.45. The second-order valence-electron chi connectivity index (χ2n) is 7.54. The van der Waals surface area contributed by atoms with Crippen molar-refractivity contribution in [3.8, 4) is 0 Å². The van der Waals surface area contributed by atoms with Gasteiger partial charge in [0.15, 0.2) is 0 Å². The Bertz CT molecular complexity index is 573. The molecule has 5 atom stereocenters. The lowest BCUT2D eigenvalue weighted by molar-refractivity contribution is -0.153. The molecule has 0 spiro atoms. The highest BCUT2D eigenvalue weighted by atomic mass is 19.1. The molecular formula is C19H26FNO2. The molecule has 0 bridgehead atoms. The monoisotopic (exact) mass is 319 g/mol. The van der Waals surface area contributed by atoms with Crippen molar-refractivity contribution in [2.24, 2.45) is 11.8 Å². The van der Waals surface area contributed by atoms with E-state index in [0.29, 0.717) is 11.8 Å². The average Bonchev–Trinajstić information content (AvgIpc) is 2.46. The summed E-state index contributed by atoms with van der Waals surface area (Å²) in [5, 5.41) is 3.19. The number of nitrogens with one attached hydrogen (secondary N) is 1. The molecule has 2 fully saturated rings. The Hall–Kier alpha value is -1.42. The van der Waals surface area contributed by atoms with Gasteiger partial charge in [-0.1, -0.05) is 25.5 Å². The number of fused-ring (bicyclic) bond motifs is 1. The summed E-state index contributed by atoms with van der Waals surface area (Å²) < 4.78 is 19.6. The molecular weight excluding hydrogens is 293 g/mol. The maximum Gasteiger partial charge on any atom is 0.217 e. The lowest BCUT2D eigenvalue weighted by Gasteiger charge is -2.52. The Balaban J connectivity index is 1.88. The number of hydrogen-bond acceptors (Lipinski definition) is 2. The number of hydrogen-bond donors (Lipinski definition) is 1. The van der Waals surface area contributed by atoms with Crippen LogP contribution in [0.1, 0.15) is 58.1 Å². The fourth-order valence-electron chi connectivity index (χ4n) is 4.42. The van der Waals surface area contributed by atoms with Crippen LogP contribution >= 0.6 is 0 Å². The maximum absolute atomic E-state index is 13.2. The Morgan fingerprint density at radius 3 is 2.65 bits per heavy atom. The quantitative estimate of drug-likeness (QED) is 0.895. The third-order valence-corrected chi connectivity index (χ3v) is 5.52. The summed E-state index contributed by atoms with van der Waals surface area (Å²) in [7, 11) is 0. The predicted molar refractivity (Wildman–Crippen MR) is 87.4 cm³/mol. The van der Waals surface area contributed by atoms with Crippen LogP contribution in [0.4, 0.5) is 4.39 Å². The molecule has 1 heterocycles. The predicted octanol–water partition coefficient (Wildman–Crippen LogP) is 3.99. The second-order valence-corrected chi connectivity index (χ2v) is 7.54. The molecule has 0 unspecified atom stereocenters. The molecule has 3 nitrogen and oxygen atoms in total. The van der Waals surface area contributed by atoms with E-state index in [1.807, 2.05) is 0 Å². The summed E-state index contributed by atoms with van der Waals surface area (Å²) in [5.74, 6) is 0.757. The number of halogens is 1. The molecule has 1 saturated carbocycles. The van der Waals surface area contributed by atoms with Crippen molar-refractivity contribution in [3.63, 3.8) is 0 Å². The van der Waals surface area contributed by atoms with Gasteiger partial charge in [0, 0.05) is 24.8 Å². The Labute approximate surface area is 137 Å². The van der Waals surface area contributed by atoms with Crippen LogP contribution < -0.4 is 5.32 Å². The molecule has 1 amide bonds. The van der Waals surface area contributed by atoms with Crippen LogP contribution in [0.3, 0.4) is 0 Å². The lowest BCUT2D eigenvalue weighted by atomic mass is 9.66. The van der Waals surface area contributed by atoms with Crippen molar-refractivity contribution in [1.82, 2.24) is 5.32 Å². The van der Waals surface area contributed by atoms with Gasteiger partial charge in [0.05, 0.1) is 12.2 Å². The number of ether oxygens (including phenoxy) is 1. The van der Waals surface area contributed by atoms with Gasteiger partial charge in [-0.15, -0.1) is 0 Å². The fourth-order valence-corrected chi connectivity index (χ4v) is 4.42. The van der Waals surface area contributed by atoms with E-state index in [-0.39, 0.29) is 29.5 Å². The van der Waals surface area contributed by atoms with E-state index < -0.39 is 0 Å². The fraction of sp³-hybridized carbons (Fsp3) is 0.632. The van der Waals surface area contributed by atoms with Gasteiger partial charge >= 0.3 is 0 Å². The van der Waals surface area contributed by atoms with E-state index in [9.17, 15) is 9.18 Å². The molecule has 1 N–H and O–H groups in total. The number of amides is 1. The van der Waals surface area contributed by atoms with E-state index in [0.717, 1.165) is 24.8 Å². The van der Waals surface area contributed by atoms with Crippen LogP contribution in [-0.2, 0) is 9.53 Å². The maximum atomic E-state index is 13.2. The van der Waals surface area contributed by atoms with Crippen molar-refractivity contribution < 1.29 is 13.9 Å². The van der Waals surface area contributed by atoms with Crippen LogP contribution in [0.2, 0.25) is 0 Å². The molecule has 1 aromatic carbocycles. The van der Waals surface area contributed by atoms with Crippen molar-refractivity contribution in [3.05, 3.63) is 35.6 Å². The van der Waals surface area contributed by atoms with Crippen LogP contribution in [0.15, 0.2) is 24.3 Å². The molecule has 1 saturated heterocycles. The third-order valence-electron chi connectivity index (χ3n) is 5.52. The van der Waals surface area contributed by atoms with E-state index in [4.69, 9.17) is 4.74 Å². The molecule has 126 valence electrons. The number of rotatable bonds is 2. The standard InChI is InChI=1S/C19H26FNO2/c1-12-4-9-16-17(10-12)23-18(11-19(16,3)21-13(2)22)14-5-7-15(20)8-6-14/h5-8,12,16-18H,4,9-11H2,1-3H3,(H,21,22)/t12-,16-,17-,18-,19-/m1/s1. The summed E-state index contributed by atoms with van der Waals surface area (Å²) >= 11 is 0. The van der Waals surface area contributed by atoms with Crippen LogP contribution in [0, 0.1) is 17.7 Å². The van der Waals surface area contributed by atoms with Gasteiger partial charge in [-0.3, -0.25) is 4.79 Å². The zero-order valence-electron chi connectivity index (χ0n) is 14.1. The lowest BCUT2D eigenvalue weighted by Crippen LogP contribution is -2.60. The minimum absolute atomic E-state index is 0.00429. The summed E-state index contributed by atoms with van der Waals surface area (Å²) in [5.41, 5.74) is 0.716. The van der Waals surface area contributed by atoms with E-state index in [1.54, 1.807) is 19.1 Å². The van der Waals surface area contributed by atoms with Gasteiger partial charge in [-0.2, -0.15) is 0 Å². The highest BCUT2D eigenvalue weighted by molar-refractivity contribution is 5.73. The van der Waals surface area contributed by atoms with Crippen LogP contribution in [0.5, 0.6) is 0 Å². The zero-order valence-corrected chi connectivity index (χ0v) is 14.1. The minimum atomic E-state index is -0.270. The number of carbonyl (C=O) groups is 1. The van der Waals surface area contributed by atoms with Crippen LogP contribution in [-0.4, -0.2) is 17.6 Å². The van der Waals surface area contributed by atoms with E-state index in [2.05, 4.69) is 19.2 Å². The van der Waals surface area contributed by atoms with Gasteiger partial charge in [-0.05, 0) is 43.4 Å². The Morgan fingerprint density at radius 2 is 2.00 bits per heavy atom. The van der Waals surface area contributed by atoms with Gasteiger partial charge < -0.3 is 10.1 Å². The second kappa shape index (κ2) is 6.23. The number of carbonyl (C=O) groups excluding carboxylic acids is 1. The Morgan fingerprint density at radius 1 is 1.30 bits per heavy atom. The highest BCUT2D eigenvalue weighted by Crippen LogP contribution is 2.47. The molecule has 1 aliphatic carbocycles. The molecule has 1 aliphatic heterocycles. The van der Waals surface area contributed by atoms with Crippen molar-refractivity contribution in [2.75, 3.05) is 0 Å². The van der Waals surface area contributed by atoms with Gasteiger partial charge in [0.1, 0.15) is 5.82 Å². The summed E-state index contributed by atoms with van der Waals surface area (Å²) in [6, 6.07) is 6.54. The van der Waals surface area contributed by atoms with E-state index >= 15 is 0 Å². The van der Waals surface area contributed by atoms with Crippen molar-refractivity contribution in [1.29, 1.82) is 0 Å². The van der Waals surface area contributed by atoms with Gasteiger partial charge in [-0.25, -0.2) is 4.39 Å². The first-order valence-electron chi connectivity index (χ1n) is 8.57. The molecule has 23 heavy (non-hydrogen) atoms. The SMILES string of the molecule is CC(=O)N[C@]1(C)C[C@H](c2ccc(F)cc2)O[C@@H]2C[C@H](C)CC[C@H]21. The first-order valence-corrected chi connectivity index (χ1v) is 8.57. The average molecular weight is 319 g/mol. The van der Waals surface area contributed by atoms with Crippen LogP contribution in [0.25, 0.3) is 0 Å². The van der Waals surface area contributed by atoms with Gasteiger partial charge in [0.2, 0.25) is 5.91 Å². The molecule has 0 radical (unpaired) electrons. The molecule has 2 aliphatic rings. The highest BCUT2D eigenvalue weighted by Gasteiger charge is 2.49. The molecule has 3 rings (SSSR count). The molecule has 4 heteroatoms. The summed E-state index contributed by atoms with van der Waals surface area (Å²) in [6.45, 7) is 5.98. The minimum Gasteiger partial charge on any atom is -0.370 e. The van der Waals surface area contributed by atoms with E-state index in [1.165, 1.54) is 18.6 Å². The molecule has 1 aromatic rings. The van der Waals surface area contributed by atoms with Gasteiger partial charge in [0.25, 0.3) is 0 Å². The summed E-state index contributed by atoms with van der Waals surface area (Å²) in [6.07, 6.45) is 4.07. The smallest absolute Gasteiger partial charge is 0.217 e. The normalized spacial score (nSPS) is 37.0. The molecule has 0 aromatic heterocycles.